The normalized spacial score (nSPS) is 11.8. The van der Waals surface area contributed by atoms with Crippen LogP contribution in [0.5, 0.6) is 5.75 Å². The van der Waals surface area contributed by atoms with Crippen LogP contribution in [0, 0.1) is 0 Å². The van der Waals surface area contributed by atoms with Gasteiger partial charge in [-0.05, 0) is 51.8 Å². The van der Waals surface area contributed by atoms with E-state index in [0.29, 0.717) is 5.96 Å². The third-order valence-corrected chi connectivity index (χ3v) is 3.08. The van der Waals surface area contributed by atoms with E-state index in [0.717, 1.165) is 25.3 Å². The largest absolute Gasteiger partial charge is 0.497 e. The number of aliphatic imine (C=N–C) groups is 1. The molecule has 0 unspecified atom stereocenters. The second kappa shape index (κ2) is 9.80. The quantitative estimate of drug-likeness (QED) is 0.524. The molecule has 0 aliphatic rings. The van der Waals surface area contributed by atoms with Crippen LogP contribution < -0.4 is 20.7 Å². The van der Waals surface area contributed by atoms with Crippen LogP contribution in [-0.4, -0.2) is 44.1 Å². The number of hydrogen-bond acceptors (Lipinski definition) is 3. The highest BCUT2D eigenvalue weighted by Gasteiger charge is 2.13. The third-order valence-electron chi connectivity index (χ3n) is 3.08. The Morgan fingerprint density at radius 3 is 2.62 bits per heavy atom. The van der Waals surface area contributed by atoms with Crippen LogP contribution in [0.2, 0.25) is 0 Å². The summed E-state index contributed by atoms with van der Waals surface area (Å²) >= 11 is 0. The van der Waals surface area contributed by atoms with Crippen LogP contribution in [-0.2, 0) is 11.2 Å². The van der Waals surface area contributed by atoms with Crippen molar-refractivity contribution in [2.24, 2.45) is 4.99 Å². The minimum atomic E-state index is -0.245. The van der Waals surface area contributed by atoms with Gasteiger partial charge in [0.1, 0.15) is 12.3 Å². The highest BCUT2D eigenvalue weighted by atomic mass is 16.5. The second-order valence-electron chi connectivity index (χ2n) is 6.52. The van der Waals surface area contributed by atoms with Crippen molar-refractivity contribution in [2.45, 2.75) is 39.7 Å². The fraction of sp³-hybridized carbons (Fsp3) is 0.556. The fourth-order valence-corrected chi connectivity index (χ4v) is 2.10. The summed E-state index contributed by atoms with van der Waals surface area (Å²) in [5.41, 5.74) is 0.938. The predicted octanol–water partition coefficient (Wildman–Crippen LogP) is 1.71. The van der Waals surface area contributed by atoms with E-state index in [1.165, 1.54) is 5.56 Å². The smallest absolute Gasteiger partial charge is 0.242 e. The molecule has 0 saturated carbocycles. The topological polar surface area (TPSA) is 74.8 Å². The molecule has 6 heteroatoms. The number of benzene rings is 1. The fourth-order valence-electron chi connectivity index (χ4n) is 2.10. The molecule has 0 radical (unpaired) electrons. The van der Waals surface area contributed by atoms with E-state index in [4.69, 9.17) is 4.74 Å². The summed E-state index contributed by atoms with van der Waals surface area (Å²) in [6, 6.07) is 7.98. The Bertz CT molecular complexity index is 550. The molecule has 0 spiro atoms. The number of nitrogens with zero attached hydrogens (tertiary/aromatic N) is 1. The number of carbonyl (C=O) groups excluding carboxylic acids is 1. The Morgan fingerprint density at radius 1 is 1.25 bits per heavy atom. The van der Waals surface area contributed by atoms with E-state index < -0.39 is 0 Å². The number of guanidine groups is 1. The first kappa shape index (κ1) is 19.8. The van der Waals surface area contributed by atoms with Crippen LogP contribution >= 0.6 is 0 Å². The van der Waals surface area contributed by atoms with E-state index in [-0.39, 0.29) is 18.0 Å². The number of carbonyl (C=O) groups is 1. The van der Waals surface area contributed by atoms with Gasteiger partial charge in [0.05, 0.1) is 7.11 Å². The Kier molecular flexibility index (Phi) is 8.09. The summed E-state index contributed by atoms with van der Waals surface area (Å²) in [5.74, 6) is 1.41. The number of hydrogen-bond donors (Lipinski definition) is 3. The van der Waals surface area contributed by atoms with Gasteiger partial charge in [-0.15, -0.1) is 0 Å². The predicted molar refractivity (Wildman–Crippen MR) is 98.6 cm³/mol. The zero-order chi connectivity index (χ0) is 18.0. The third kappa shape index (κ3) is 8.41. The Hall–Kier alpha value is -2.24. The standard InChI is InChI=1S/C18H30N4O2/c1-6-19-17(21-13-16(23)22-18(2,3)4)20-11-10-14-8-7-9-15(12-14)24-5/h7-9,12H,6,10-11,13H2,1-5H3,(H,22,23)(H2,19,20,21). The molecule has 1 aromatic carbocycles. The van der Waals surface area contributed by atoms with Crippen molar-refractivity contribution in [2.75, 3.05) is 26.7 Å². The van der Waals surface area contributed by atoms with E-state index in [2.05, 4.69) is 27.0 Å². The van der Waals surface area contributed by atoms with Gasteiger partial charge in [-0.25, -0.2) is 4.99 Å². The Morgan fingerprint density at radius 2 is 2.00 bits per heavy atom. The summed E-state index contributed by atoms with van der Waals surface area (Å²) in [4.78, 5) is 16.2. The first-order chi connectivity index (χ1) is 11.3. The maximum Gasteiger partial charge on any atom is 0.242 e. The summed E-state index contributed by atoms with van der Waals surface area (Å²) in [6.45, 7) is 9.41. The number of methoxy groups -OCH3 is 1. The van der Waals surface area contributed by atoms with Crippen molar-refractivity contribution >= 4 is 11.9 Å². The molecule has 1 rings (SSSR count). The van der Waals surface area contributed by atoms with E-state index in [1.54, 1.807) is 7.11 Å². The lowest BCUT2D eigenvalue weighted by molar-refractivity contribution is -0.121. The first-order valence-corrected chi connectivity index (χ1v) is 8.30. The molecule has 0 heterocycles. The van der Waals surface area contributed by atoms with Crippen LogP contribution in [0.3, 0.4) is 0 Å². The molecule has 0 aliphatic heterocycles. The monoisotopic (exact) mass is 334 g/mol. The number of amides is 1. The van der Waals surface area contributed by atoms with E-state index in [1.807, 2.05) is 45.9 Å². The molecule has 134 valence electrons. The van der Waals surface area contributed by atoms with Crippen molar-refractivity contribution in [3.05, 3.63) is 29.8 Å². The van der Waals surface area contributed by atoms with Crippen molar-refractivity contribution in [3.63, 3.8) is 0 Å². The lowest BCUT2D eigenvalue weighted by Crippen LogP contribution is -2.43. The molecule has 0 saturated heterocycles. The summed E-state index contributed by atoms with van der Waals surface area (Å²) in [5, 5.41) is 9.28. The zero-order valence-corrected chi connectivity index (χ0v) is 15.4. The molecule has 24 heavy (non-hydrogen) atoms. The molecule has 1 amide bonds. The lowest BCUT2D eigenvalue weighted by atomic mass is 10.1. The molecular formula is C18H30N4O2. The molecule has 6 nitrogen and oxygen atoms in total. The average molecular weight is 334 g/mol. The molecule has 3 N–H and O–H groups in total. The van der Waals surface area contributed by atoms with Crippen LogP contribution in [0.4, 0.5) is 0 Å². The molecule has 0 fully saturated rings. The van der Waals surface area contributed by atoms with Crippen molar-refractivity contribution in [1.82, 2.24) is 16.0 Å². The maximum absolute atomic E-state index is 11.8. The molecule has 0 aromatic heterocycles. The van der Waals surface area contributed by atoms with Gasteiger partial charge in [0.2, 0.25) is 5.91 Å². The van der Waals surface area contributed by atoms with Crippen LogP contribution in [0.1, 0.15) is 33.3 Å². The van der Waals surface area contributed by atoms with Gasteiger partial charge in [-0.1, -0.05) is 12.1 Å². The highest BCUT2D eigenvalue weighted by molar-refractivity contribution is 5.85. The lowest BCUT2D eigenvalue weighted by Gasteiger charge is -2.20. The second-order valence-corrected chi connectivity index (χ2v) is 6.52. The van der Waals surface area contributed by atoms with Gasteiger partial charge in [-0.2, -0.15) is 0 Å². The first-order valence-electron chi connectivity index (χ1n) is 8.30. The van der Waals surface area contributed by atoms with Crippen molar-refractivity contribution < 1.29 is 9.53 Å². The number of ether oxygens (including phenoxy) is 1. The number of nitrogens with one attached hydrogen (secondary N) is 3. The Balaban J connectivity index is 2.50. The molecule has 0 bridgehead atoms. The summed E-state index contributed by atoms with van der Waals surface area (Å²) in [7, 11) is 1.66. The zero-order valence-electron chi connectivity index (χ0n) is 15.4. The molecule has 0 aliphatic carbocycles. The van der Waals surface area contributed by atoms with Gasteiger partial charge in [0, 0.05) is 18.6 Å². The highest BCUT2D eigenvalue weighted by Crippen LogP contribution is 2.12. The van der Waals surface area contributed by atoms with Crippen molar-refractivity contribution in [1.29, 1.82) is 0 Å². The van der Waals surface area contributed by atoms with Gasteiger partial charge in [-0.3, -0.25) is 4.79 Å². The van der Waals surface area contributed by atoms with Gasteiger partial charge < -0.3 is 20.7 Å². The average Bonchev–Trinajstić information content (AvgIpc) is 2.51. The van der Waals surface area contributed by atoms with Crippen LogP contribution in [0.25, 0.3) is 0 Å². The van der Waals surface area contributed by atoms with Gasteiger partial charge >= 0.3 is 0 Å². The summed E-state index contributed by atoms with van der Waals surface area (Å²) < 4.78 is 5.22. The van der Waals surface area contributed by atoms with Gasteiger partial charge in [0.25, 0.3) is 0 Å². The molecule has 1 aromatic rings. The van der Waals surface area contributed by atoms with Gasteiger partial charge in [0.15, 0.2) is 5.96 Å². The minimum absolute atomic E-state index is 0.0903. The van der Waals surface area contributed by atoms with Crippen LogP contribution in [0.15, 0.2) is 29.3 Å². The minimum Gasteiger partial charge on any atom is -0.497 e. The summed E-state index contributed by atoms with van der Waals surface area (Å²) in [6.07, 6.45) is 0.843. The Labute approximate surface area is 145 Å². The number of rotatable bonds is 7. The van der Waals surface area contributed by atoms with E-state index in [9.17, 15) is 4.79 Å². The van der Waals surface area contributed by atoms with Crippen molar-refractivity contribution in [3.8, 4) is 5.75 Å². The van der Waals surface area contributed by atoms with E-state index >= 15 is 0 Å². The molecule has 0 atom stereocenters. The maximum atomic E-state index is 11.8. The molecular weight excluding hydrogens is 304 g/mol. The SMILES string of the molecule is CCNC(=NCC(=O)NC(C)(C)C)NCCc1cccc(OC)c1.